The third kappa shape index (κ3) is 4.57. The summed E-state index contributed by atoms with van der Waals surface area (Å²) in [5.41, 5.74) is 4.78. The second-order valence-corrected chi connectivity index (χ2v) is 8.69. The number of amides is 2. The van der Waals surface area contributed by atoms with Gasteiger partial charge in [-0.3, -0.25) is 19.9 Å². The van der Waals surface area contributed by atoms with E-state index in [2.05, 4.69) is 15.6 Å². The highest BCUT2D eigenvalue weighted by Crippen LogP contribution is 2.32. The van der Waals surface area contributed by atoms with Crippen LogP contribution in [0.4, 0.5) is 14.9 Å². The lowest BCUT2D eigenvalue weighted by Gasteiger charge is -2.29. The average molecular weight is 486 g/mol. The van der Waals surface area contributed by atoms with Gasteiger partial charge in [0.25, 0.3) is 11.1 Å². The molecule has 0 aliphatic carbocycles. The summed E-state index contributed by atoms with van der Waals surface area (Å²) in [7, 11) is 0. The van der Waals surface area contributed by atoms with E-state index in [0.29, 0.717) is 28.0 Å². The van der Waals surface area contributed by atoms with E-state index < -0.39 is 11.1 Å². The zero-order valence-corrected chi connectivity index (χ0v) is 19.4. The van der Waals surface area contributed by atoms with Crippen LogP contribution in [0.15, 0.2) is 41.4 Å². The number of thioether (sulfide) groups is 1. The highest BCUT2D eigenvalue weighted by molar-refractivity contribution is 8.18. The van der Waals surface area contributed by atoms with Crippen LogP contribution in [-0.4, -0.2) is 47.3 Å². The Bertz CT molecular complexity index is 1290. The minimum atomic E-state index is -0.434. The number of benzene rings is 1. The lowest BCUT2D eigenvalue weighted by Crippen LogP contribution is -2.43. The third-order valence-electron chi connectivity index (χ3n) is 5.54. The van der Waals surface area contributed by atoms with Gasteiger partial charge in [0.1, 0.15) is 5.82 Å². The fourth-order valence-corrected chi connectivity index (χ4v) is 4.67. The van der Waals surface area contributed by atoms with Crippen molar-refractivity contribution in [3.63, 3.8) is 0 Å². The van der Waals surface area contributed by atoms with E-state index in [4.69, 9.17) is 4.98 Å². The molecular formula is C23H21ClFN5O2S. The lowest BCUT2D eigenvalue weighted by atomic mass is 10.0. The molecule has 10 heteroatoms. The number of aromatic nitrogens is 2. The van der Waals surface area contributed by atoms with Crippen molar-refractivity contribution in [2.75, 3.05) is 31.1 Å². The summed E-state index contributed by atoms with van der Waals surface area (Å²) in [4.78, 5) is 34.9. The van der Waals surface area contributed by atoms with Gasteiger partial charge in [-0.2, -0.15) is 0 Å². The number of hydrogen-bond donors (Lipinski definition) is 2. The van der Waals surface area contributed by atoms with Crippen molar-refractivity contribution in [1.29, 1.82) is 0 Å². The number of hydrogen-bond acceptors (Lipinski definition) is 7. The minimum absolute atomic E-state index is 0. The Morgan fingerprint density at radius 1 is 1.12 bits per heavy atom. The first-order chi connectivity index (χ1) is 15.5. The van der Waals surface area contributed by atoms with Crippen LogP contribution >= 0.6 is 24.2 Å². The molecule has 33 heavy (non-hydrogen) atoms. The zero-order chi connectivity index (χ0) is 22.2. The number of nitrogens with zero attached hydrogens (tertiary/aromatic N) is 3. The fraction of sp³-hybridized carbons (Fsp3) is 0.217. The largest absolute Gasteiger partial charge is 0.367 e. The zero-order valence-electron chi connectivity index (χ0n) is 17.7. The number of pyridine rings is 2. The van der Waals surface area contributed by atoms with E-state index in [-0.39, 0.29) is 23.1 Å². The Hall–Kier alpha value is -3.01. The maximum absolute atomic E-state index is 15.0. The van der Waals surface area contributed by atoms with Crippen LogP contribution in [0.3, 0.4) is 0 Å². The van der Waals surface area contributed by atoms with Crippen molar-refractivity contribution in [2.24, 2.45) is 0 Å². The van der Waals surface area contributed by atoms with E-state index in [9.17, 15) is 9.59 Å². The molecule has 2 amide bonds. The minimum Gasteiger partial charge on any atom is -0.367 e. The quantitative estimate of drug-likeness (QED) is 0.544. The van der Waals surface area contributed by atoms with Gasteiger partial charge in [0.2, 0.25) is 0 Å². The maximum Gasteiger partial charge on any atom is 0.290 e. The highest BCUT2D eigenvalue weighted by atomic mass is 35.5. The van der Waals surface area contributed by atoms with Gasteiger partial charge in [-0.15, -0.1) is 12.4 Å². The molecular weight excluding hydrogens is 465 g/mol. The number of imide groups is 1. The predicted octanol–water partition coefficient (Wildman–Crippen LogP) is 3.90. The molecule has 2 aliphatic rings. The summed E-state index contributed by atoms with van der Waals surface area (Å²) in [5, 5.41) is 5.11. The molecule has 7 nitrogen and oxygen atoms in total. The molecule has 2 fully saturated rings. The number of piperazine rings is 1. The average Bonchev–Trinajstić information content (AvgIpc) is 3.10. The third-order valence-corrected chi connectivity index (χ3v) is 6.35. The molecule has 0 unspecified atom stereocenters. The Balaban J connectivity index is 0.00000259. The molecule has 2 saturated heterocycles. The summed E-state index contributed by atoms with van der Waals surface area (Å²) in [6.07, 6.45) is 3.27. The van der Waals surface area contributed by atoms with Gasteiger partial charge in [-0.05, 0) is 60.2 Å². The van der Waals surface area contributed by atoms with Crippen LogP contribution in [0.25, 0.3) is 28.2 Å². The van der Waals surface area contributed by atoms with Crippen molar-refractivity contribution < 1.29 is 14.0 Å². The van der Waals surface area contributed by atoms with Gasteiger partial charge in [-0.1, -0.05) is 6.07 Å². The normalized spacial score (nSPS) is 17.4. The molecule has 2 aliphatic heterocycles. The summed E-state index contributed by atoms with van der Waals surface area (Å²) in [5.74, 6) is -0.710. The summed E-state index contributed by atoms with van der Waals surface area (Å²) < 4.78 is 15.0. The predicted molar refractivity (Wildman–Crippen MR) is 131 cm³/mol. The van der Waals surface area contributed by atoms with E-state index in [1.165, 1.54) is 6.07 Å². The van der Waals surface area contributed by atoms with Gasteiger partial charge in [-0.25, -0.2) is 9.37 Å². The molecule has 5 rings (SSSR count). The molecule has 0 spiro atoms. The Kier molecular flexibility index (Phi) is 6.64. The number of carbonyl (C=O) groups excluding carboxylic acids is 2. The van der Waals surface area contributed by atoms with Crippen molar-refractivity contribution >= 4 is 58.1 Å². The van der Waals surface area contributed by atoms with E-state index in [1.807, 2.05) is 36.1 Å². The molecule has 0 radical (unpaired) electrons. The number of carbonyl (C=O) groups is 2. The van der Waals surface area contributed by atoms with Gasteiger partial charge < -0.3 is 10.2 Å². The Labute approximate surface area is 200 Å². The van der Waals surface area contributed by atoms with Crippen LogP contribution < -0.4 is 15.5 Å². The van der Waals surface area contributed by atoms with E-state index >= 15 is 4.39 Å². The number of nitrogens with one attached hydrogen (secondary N) is 2. The number of anilines is 1. The second-order valence-electron chi connectivity index (χ2n) is 7.68. The molecule has 170 valence electrons. The molecule has 1 aromatic carbocycles. The van der Waals surface area contributed by atoms with Crippen molar-refractivity contribution in [2.45, 2.75) is 6.92 Å². The molecule has 2 aromatic heterocycles. The van der Waals surface area contributed by atoms with Crippen LogP contribution in [-0.2, 0) is 4.79 Å². The summed E-state index contributed by atoms with van der Waals surface area (Å²) in [6, 6.07) is 8.87. The van der Waals surface area contributed by atoms with Gasteiger partial charge in [0, 0.05) is 37.9 Å². The van der Waals surface area contributed by atoms with Gasteiger partial charge in [0.15, 0.2) is 0 Å². The monoisotopic (exact) mass is 485 g/mol. The number of aryl methyl sites for hydroxylation is 1. The van der Waals surface area contributed by atoms with Crippen molar-refractivity contribution in [1.82, 2.24) is 20.6 Å². The lowest BCUT2D eigenvalue weighted by molar-refractivity contribution is -0.115. The fourth-order valence-electron chi connectivity index (χ4n) is 4.01. The standard InChI is InChI=1S/C23H20FN5O2S.ClH/c1-13-10-15(12-19-22(30)28-23(31)32-19)27-21-16(4-5-26-20(13)21)14-2-3-18(17(24)11-14)29-8-6-25-7-9-29;/h2-5,10-12,25H,6-9H2,1H3,(H,28,30,31);1H. The number of rotatable bonds is 3. The van der Waals surface area contributed by atoms with Gasteiger partial charge in [0.05, 0.1) is 27.3 Å². The summed E-state index contributed by atoms with van der Waals surface area (Å²) in [6.45, 7) is 5.10. The first kappa shape index (κ1) is 23.2. The van der Waals surface area contributed by atoms with Gasteiger partial charge >= 0.3 is 0 Å². The van der Waals surface area contributed by atoms with E-state index in [0.717, 1.165) is 49.1 Å². The first-order valence-electron chi connectivity index (χ1n) is 10.3. The van der Waals surface area contributed by atoms with Crippen molar-refractivity contribution in [3.8, 4) is 11.1 Å². The summed E-state index contributed by atoms with van der Waals surface area (Å²) >= 11 is 0.845. The smallest absolute Gasteiger partial charge is 0.290 e. The molecule has 0 atom stereocenters. The Morgan fingerprint density at radius 3 is 2.61 bits per heavy atom. The van der Waals surface area contributed by atoms with Crippen LogP contribution in [0, 0.1) is 12.7 Å². The van der Waals surface area contributed by atoms with Crippen LogP contribution in [0.5, 0.6) is 0 Å². The topological polar surface area (TPSA) is 87.2 Å². The molecule has 0 bridgehead atoms. The van der Waals surface area contributed by atoms with Crippen LogP contribution in [0.2, 0.25) is 0 Å². The molecule has 2 N–H and O–H groups in total. The second kappa shape index (κ2) is 9.46. The maximum atomic E-state index is 15.0. The molecule has 4 heterocycles. The highest BCUT2D eigenvalue weighted by Gasteiger charge is 2.25. The van der Waals surface area contributed by atoms with Crippen LogP contribution in [0.1, 0.15) is 11.3 Å². The SMILES string of the molecule is Cc1cc(C=C2SC(=O)NC2=O)nc2c(-c3ccc(N4CCNCC4)c(F)c3)ccnc12.Cl. The first-order valence-corrected chi connectivity index (χ1v) is 11.1. The number of fused-ring (bicyclic) bond motifs is 1. The van der Waals surface area contributed by atoms with E-state index in [1.54, 1.807) is 12.3 Å². The van der Waals surface area contributed by atoms with Crippen molar-refractivity contribution in [3.05, 3.63) is 58.5 Å². The molecule has 3 aromatic rings. The molecule has 0 saturated carbocycles. The Morgan fingerprint density at radius 2 is 1.91 bits per heavy atom. The number of halogens is 2.